The molecule has 3 saturated carbocycles. The van der Waals surface area contributed by atoms with Gasteiger partial charge >= 0.3 is 0 Å². The van der Waals surface area contributed by atoms with E-state index in [0.29, 0.717) is 5.92 Å². The first kappa shape index (κ1) is 28.4. The molecule has 4 aliphatic rings. The van der Waals surface area contributed by atoms with Crippen molar-refractivity contribution in [2.75, 3.05) is 0 Å². The van der Waals surface area contributed by atoms with Crippen LogP contribution in [-0.2, 0) is 0 Å². The molecule has 0 radical (unpaired) electrons. The topological polar surface area (TPSA) is 0 Å². The molecule has 0 spiro atoms. The van der Waals surface area contributed by atoms with Gasteiger partial charge in [-0.15, -0.1) is 0 Å². The molecule has 0 aliphatic heterocycles. The van der Waals surface area contributed by atoms with Crippen LogP contribution in [0.1, 0.15) is 159 Å². The highest BCUT2D eigenvalue weighted by molar-refractivity contribution is 5.67. The maximum atomic E-state index is 15.4. The molecule has 5 rings (SSSR count). The summed E-state index contributed by atoms with van der Waals surface area (Å²) in [5.41, 5.74) is 3.44. The molecule has 0 heterocycles. The Labute approximate surface area is 234 Å². The third kappa shape index (κ3) is 7.14. The average Bonchev–Trinajstić information content (AvgIpc) is 2.98. The summed E-state index contributed by atoms with van der Waals surface area (Å²) in [6.07, 6.45) is 29.9. The summed E-state index contributed by atoms with van der Waals surface area (Å²) in [6, 6.07) is 6.33. The maximum absolute atomic E-state index is 15.4. The molecule has 0 amide bonds. The fourth-order valence-corrected chi connectivity index (χ4v) is 9.20. The SMILES string of the molecule is CCCCCC1CCC([C@H]2CC[C@H](c3ccc(C4=CCC([C@H]5CC[C@H](CC)CC5)CC4)c(F)c3)CC2)CC1. The van der Waals surface area contributed by atoms with E-state index < -0.39 is 0 Å². The normalized spacial score (nSPS) is 34.6. The number of rotatable bonds is 9. The van der Waals surface area contributed by atoms with Crippen molar-refractivity contribution in [2.24, 2.45) is 35.5 Å². The van der Waals surface area contributed by atoms with Crippen LogP contribution in [-0.4, -0.2) is 0 Å². The lowest BCUT2D eigenvalue weighted by molar-refractivity contribution is 0.155. The predicted molar refractivity (Wildman–Crippen MR) is 162 cm³/mol. The molecule has 38 heavy (non-hydrogen) atoms. The molecular formula is C37H57F. The zero-order chi connectivity index (χ0) is 26.3. The Morgan fingerprint density at radius 3 is 1.89 bits per heavy atom. The van der Waals surface area contributed by atoms with Gasteiger partial charge in [0.1, 0.15) is 5.82 Å². The van der Waals surface area contributed by atoms with Crippen molar-refractivity contribution in [1.29, 1.82) is 0 Å². The van der Waals surface area contributed by atoms with Gasteiger partial charge in [0, 0.05) is 5.56 Å². The van der Waals surface area contributed by atoms with Gasteiger partial charge < -0.3 is 0 Å². The van der Waals surface area contributed by atoms with Crippen molar-refractivity contribution < 1.29 is 4.39 Å². The van der Waals surface area contributed by atoms with E-state index in [-0.39, 0.29) is 5.82 Å². The second-order valence-corrected chi connectivity index (χ2v) is 14.1. The largest absolute Gasteiger partial charge is 0.206 e. The van der Waals surface area contributed by atoms with Gasteiger partial charge in [0.2, 0.25) is 0 Å². The Hall–Kier alpha value is -1.11. The van der Waals surface area contributed by atoms with Crippen LogP contribution in [0.2, 0.25) is 0 Å². The van der Waals surface area contributed by atoms with Crippen LogP contribution in [0.3, 0.4) is 0 Å². The molecule has 1 aromatic rings. The molecule has 3 fully saturated rings. The number of benzene rings is 1. The zero-order valence-electron chi connectivity index (χ0n) is 24.9. The van der Waals surface area contributed by atoms with Crippen molar-refractivity contribution in [1.82, 2.24) is 0 Å². The maximum Gasteiger partial charge on any atom is 0.130 e. The average molecular weight is 521 g/mol. The monoisotopic (exact) mass is 520 g/mol. The molecule has 1 heteroatoms. The van der Waals surface area contributed by atoms with Gasteiger partial charge in [-0.1, -0.05) is 89.8 Å². The van der Waals surface area contributed by atoms with E-state index in [4.69, 9.17) is 0 Å². The van der Waals surface area contributed by atoms with Gasteiger partial charge in [-0.25, -0.2) is 4.39 Å². The van der Waals surface area contributed by atoms with Crippen molar-refractivity contribution in [3.05, 3.63) is 41.2 Å². The summed E-state index contributed by atoms with van der Waals surface area (Å²) in [7, 11) is 0. The second kappa shape index (κ2) is 14.0. The van der Waals surface area contributed by atoms with Crippen molar-refractivity contribution in [2.45, 2.75) is 148 Å². The Bertz CT molecular complexity index is 874. The summed E-state index contributed by atoms with van der Waals surface area (Å²) in [4.78, 5) is 0. The van der Waals surface area contributed by atoms with Crippen LogP contribution in [0.4, 0.5) is 4.39 Å². The highest BCUT2D eigenvalue weighted by Gasteiger charge is 2.32. The number of allylic oxidation sites excluding steroid dienone is 2. The molecule has 212 valence electrons. The molecule has 0 N–H and O–H groups in total. The molecule has 4 aliphatic carbocycles. The van der Waals surface area contributed by atoms with E-state index in [1.54, 1.807) is 0 Å². The number of unbranched alkanes of at least 4 members (excludes halogenated alkanes) is 2. The Kier molecular flexibility index (Phi) is 10.5. The van der Waals surface area contributed by atoms with Gasteiger partial charge in [-0.2, -0.15) is 0 Å². The molecule has 1 unspecified atom stereocenters. The minimum Gasteiger partial charge on any atom is -0.206 e. The van der Waals surface area contributed by atoms with Crippen molar-refractivity contribution >= 4 is 5.57 Å². The van der Waals surface area contributed by atoms with Crippen LogP contribution < -0.4 is 0 Å². The first-order valence-electron chi connectivity index (χ1n) is 17.1. The first-order chi connectivity index (χ1) is 18.6. The van der Waals surface area contributed by atoms with Crippen LogP contribution >= 0.6 is 0 Å². The lowest BCUT2D eigenvalue weighted by atomic mass is 9.68. The third-order valence-electron chi connectivity index (χ3n) is 11.9. The van der Waals surface area contributed by atoms with Gasteiger partial charge in [0.25, 0.3) is 0 Å². The Balaban J connectivity index is 1.08. The van der Waals surface area contributed by atoms with E-state index in [1.807, 2.05) is 6.07 Å². The number of hydrogen-bond donors (Lipinski definition) is 0. The minimum atomic E-state index is 0.0409. The molecule has 1 atom stereocenters. The van der Waals surface area contributed by atoms with Gasteiger partial charge in [-0.05, 0) is 129 Å². The lowest BCUT2D eigenvalue weighted by Gasteiger charge is -2.38. The summed E-state index contributed by atoms with van der Waals surface area (Å²) in [6.45, 7) is 4.67. The summed E-state index contributed by atoms with van der Waals surface area (Å²) < 4.78 is 15.4. The minimum absolute atomic E-state index is 0.0409. The summed E-state index contributed by atoms with van der Waals surface area (Å²) in [5, 5.41) is 0. The van der Waals surface area contributed by atoms with Gasteiger partial charge in [0.15, 0.2) is 0 Å². The van der Waals surface area contributed by atoms with Crippen LogP contribution in [0.15, 0.2) is 24.3 Å². The summed E-state index contributed by atoms with van der Waals surface area (Å²) >= 11 is 0. The van der Waals surface area contributed by atoms with E-state index in [1.165, 1.54) is 133 Å². The van der Waals surface area contributed by atoms with E-state index in [9.17, 15) is 0 Å². The third-order valence-corrected chi connectivity index (χ3v) is 11.9. The van der Waals surface area contributed by atoms with Crippen molar-refractivity contribution in [3.63, 3.8) is 0 Å². The summed E-state index contributed by atoms with van der Waals surface area (Å²) in [5.74, 6) is 6.27. The van der Waals surface area contributed by atoms with Gasteiger partial charge in [-0.3, -0.25) is 0 Å². The highest BCUT2D eigenvalue weighted by atomic mass is 19.1. The van der Waals surface area contributed by atoms with E-state index >= 15 is 4.39 Å². The van der Waals surface area contributed by atoms with Crippen LogP contribution in [0, 0.1) is 41.3 Å². The Morgan fingerprint density at radius 2 is 1.32 bits per heavy atom. The molecular weight excluding hydrogens is 463 g/mol. The second-order valence-electron chi connectivity index (χ2n) is 14.1. The van der Waals surface area contributed by atoms with E-state index in [2.05, 4.69) is 32.1 Å². The van der Waals surface area contributed by atoms with Crippen LogP contribution in [0.5, 0.6) is 0 Å². The van der Waals surface area contributed by atoms with E-state index in [0.717, 1.165) is 47.5 Å². The smallest absolute Gasteiger partial charge is 0.130 e. The molecule has 0 bridgehead atoms. The highest BCUT2D eigenvalue weighted by Crippen LogP contribution is 2.46. The predicted octanol–water partition coefficient (Wildman–Crippen LogP) is 11.9. The number of halogens is 1. The standard InChI is InChI=1S/C37H57F/c1-3-5-6-7-28-10-14-30(15-11-28)31-16-18-33(19-17-31)35-24-25-36(37(38)26-35)34-22-20-32(21-23-34)29-12-8-27(4-2)9-13-29/h22,24-33H,3-21,23H2,1-2H3/t27-,28?,29-,30?,31-,32?,33-. The van der Waals surface area contributed by atoms with Gasteiger partial charge in [0.05, 0.1) is 0 Å². The van der Waals surface area contributed by atoms with Crippen molar-refractivity contribution in [3.8, 4) is 0 Å². The first-order valence-corrected chi connectivity index (χ1v) is 17.1. The zero-order valence-corrected chi connectivity index (χ0v) is 24.9. The quantitative estimate of drug-likeness (QED) is 0.284. The molecule has 0 saturated heterocycles. The molecule has 1 aromatic carbocycles. The molecule has 0 nitrogen and oxygen atoms in total. The van der Waals surface area contributed by atoms with Crippen LogP contribution in [0.25, 0.3) is 5.57 Å². The Morgan fingerprint density at radius 1 is 0.684 bits per heavy atom. The molecule has 0 aromatic heterocycles. The fourth-order valence-electron chi connectivity index (χ4n) is 9.20. The lowest BCUT2D eigenvalue weighted by Crippen LogP contribution is -2.25. The number of hydrogen-bond acceptors (Lipinski definition) is 0. The fraction of sp³-hybridized carbons (Fsp3) is 0.784.